The molecule has 0 atom stereocenters. The zero-order valence-corrected chi connectivity index (χ0v) is 16.6. The van der Waals surface area contributed by atoms with Gasteiger partial charge in [0.1, 0.15) is 18.1 Å². The molecule has 1 saturated carbocycles. The lowest BCUT2D eigenvalue weighted by molar-refractivity contribution is 0.0776. The minimum absolute atomic E-state index is 0.0414. The quantitative estimate of drug-likeness (QED) is 0.531. The SMILES string of the molecule is C=CCOc1ccc(CN(C)C(=O)c2cc(C3CC3)nn2-c2ccccc2)cc1. The predicted molar refractivity (Wildman–Crippen MR) is 113 cm³/mol. The topological polar surface area (TPSA) is 47.4 Å². The molecule has 0 N–H and O–H groups in total. The van der Waals surface area contributed by atoms with Crippen molar-refractivity contribution in [3.05, 3.63) is 90.3 Å². The Balaban J connectivity index is 1.53. The summed E-state index contributed by atoms with van der Waals surface area (Å²) < 4.78 is 7.29. The second-order valence-corrected chi connectivity index (χ2v) is 7.38. The lowest BCUT2D eigenvalue weighted by atomic mass is 10.2. The van der Waals surface area contributed by atoms with Gasteiger partial charge < -0.3 is 9.64 Å². The summed E-state index contributed by atoms with van der Waals surface area (Å²) >= 11 is 0. The molecule has 2 aromatic carbocycles. The molecular formula is C24H25N3O2. The molecule has 0 spiro atoms. The molecule has 1 aromatic heterocycles. The monoisotopic (exact) mass is 387 g/mol. The maximum atomic E-state index is 13.2. The zero-order chi connectivity index (χ0) is 20.2. The molecule has 0 radical (unpaired) electrons. The zero-order valence-electron chi connectivity index (χ0n) is 16.6. The summed E-state index contributed by atoms with van der Waals surface area (Å²) in [6, 6.07) is 19.6. The van der Waals surface area contributed by atoms with Crippen molar-refractivity contribution >= 4 is 5.91 Å². The first-order valence-corrected chi connectivity index (χ1v) is 9.89. The van der Waals surface area contributed by atoms with E-state index in [4.69, 9.17) is 9.84 Å². The van der Waals surface area contributed by atoms with Gasteiger partial charge in [0.15, 0.2) is 0 Å². The number of hydrogen-bond donors (Lipinski definition) is 0. The minimum atomic E-state index is -0.0414. The molecule has 29 heavy (non-hydrogen) atoms. The molecule has 5 heteroatoms. The van der Waals surface area contributed by atoms with E-state index in [1.165, 1.54) is 0 Å². The number of aromatic nitrogens is 2. The van der Waals surface area contributed by atoms with E-state index in [0.29, 0.717) is 24.8 Å². The van der Waals surface area contributed by atoms with Crippen molar-refractivity contribution < 1.29 is 9.53 Å². The van der Waals surface area contributed by atoms with Gasteiger partial charge in [-0.25, -0.2) is 4.68 Å². The van der Waals surface area contributed by atoms with Crippen molar-refractivity contribution in [1.82, 2.24) is 14.7 Å². The number of benzene rings is 2. The third-order valence-corrected chi connectivity index (χ3v) is 5.00. The van der Waals surface area contributed by atoms with Crippen molar-refractivity contribution in [2.24, 2.45) is 0 Å². The molecule has 1 aliphatic rings. The average molecular weight is 387 g/mol. The number of ether oxygens (including phenoxy) is 1. The molecule has 5 nitrogen and oxygen atoms in total. The van der Waals surface area contributed by atoms with Crippen LogP contribution in [0, 0.1) is 0 Å². The fourth-order valence-corrected chi connectivity index (χ4v) is 3.28. The maximum Gasteiger partial charge on any atom is 0.272 e. The molecule has 0 aliphatic heterocycles. The molecule has 148 valence electrons. The van der Waals surface area contributed by atoms with E-state index in [1.54, 1.807) is 15.7 Å². The second kappa shape index (κ2) is 8.35. The number of hydrogen-bond acceptors (Lipinski definition) is 3. The number of amides is 1. The van der Waals surface area contributed by atoms with Crippen LogP contribution in [0.25, 0.3) is 5.69 Å². The summed E-state index contributed by atoms with van der Waals surface area (Å²) in [5.41, 5.74) is 3.56. The summed E-state index contributed by atoms with van der Waals surface area (Å²) in [5.74, 6) is 1.24. The Kier molecular flexibility index (Phi) is 5.47. The molecule has 0 unspecified atom stereocenters. The Morgan fingerprint density at radius 2 is 1.93 bits per heavy atom. The van der Waals surface area contributed by atoms with Gasteiger partial charge >= 0.3 is 0 Å². The molecule has 1 fully saturated rings. The van der Waals surface area contributed by atoms with Crippen LogP contribution in [0.5, 0.6) is 5.75 Å². The summed E-state index contributed by atoms with van der Waals surface area (Å²) in [6.45, 7) is 4.64. The maximum absolute atomic E-state index is 13.2. The molecule has 0 bridgehead atoms. The number of para-hydroxylation sites is 1. The van der Waals surface area contributed by atoms with E-state index in [1.807, 2.05) is 67.7 Å². The Bertz CT molecular complexity index is 989. The smallest absolute Gasteiger partial charge is 0.272 e. The van der Waals surface area contributed by atoms with Crippen LogP contribution in [0.15, 0.2) is 73.3 Å². The van der Waals surface area contributed by atoms with Gasteiger partial charge in [-0.05, 0) is 48.7 Å². The van der Waals surface area contributed by atoms with E-state index in [0.717, 1.165) is 35.5 Å². The molecule has 4 rings (SSSR count). The first-order valence-electron chi connectivity index (χ1n) is 9.89. The van der Waals surface area contributed by atoms with Crippen LogP contribution < -0.4 is 4.74 Å². The van der Waals surface area contributed by atoms with Crippen molar-refractivity contribution in [2.45, 2.75) is 25.3 Å². The molecular weight excluding hydrogens is 362 g/mol. The standard InChI is InChI=1S/C24H25N3O2/c1-3-15-29-21-13-9-18(10-14-21)17-26(2)24(28)23-16-22(19-11-12-19)25-27(23)20-7-5-4-6-8-20/h3-10,13-14,16,19H,1,11-12,15,17H2,2H3. The van der Waals surface area contributed by atoms with E-state index < -0.39 is 0 Å². The predicted octanol–water partition coefficient (Wildman–Crippen LogP) is 4.59. The number of nitrogens with zero attached hydrogens (tertiary/aromatic N) is 3. The van der Waals surface area contributed by atoms with E-state index in [2.05, 4.69) is 6.58 Å². The van der Waals surface area contributed by atoms with E-state index in [-0.39, 0.29) is 5.91 Å². The van der Waals surface area contributed by atoms with Gasteiger partial charge in [-0.2, -0.15) is 5.10 Å². The highest BCUT2D eigenvalue weighted by molar-refractivity contribution is 5.93. The highest BCUT2D eigenvalue weighted by atomic mass is 16.5. The summed E-state index contributed by atoms with van der Waals surface area (Å²) in [6.07, 6.45) is 4.01. The van der Waals surface area contributed by atoms with Crippen molar-refractivity contribution in [3.63, 3.8) is 0 Å². The third kappa shape index (κ3) is 4.40. The van der Waals surface area contributed by atoms with Crippen LogP contribution >= 0.6 is 0 Å². The minimum Gasteiger partial charge on any atom is -0.490 e. The molecule has 0 saturated heterocycles. The van der Waals surface area contributed by atoms with Gasteiger partial charge in [0.25, 0.3) is 5.91 Å². The fraction of sp³-hybridized carbons (Fsp3) is 0.250. The second-order valence-electron chi connectivity index (χ2n) is 7.38. The molecule has 3 aromatic rings. The van der Waals surface area contributed by atoms with Crippen LogP contribution in [0.4, 0.5) is 0 Å². The highest BCUT2D eigenvalue weighted by Gasteiger charge is 2.29. The summed E-state index contributed by atoms with van der Waals surface area (Å²) in [5, 5.41) is 4.74. The van der Waals surface area contributed by atoms with Crippen LogP contribution in [0.1, 0.15) is 40.5 Å². The van der Waals surface area contributed by atoms with Gasteiger partial charge in [0, 0.05) is 19.5 Å². The van der Waals surface area contributed by atoms with Crippen LogP contribution in [0.3, 0.4) is 0 Å². The fourth-order valence-electron chi connectivity index (χ4n) is 3.28. The number of carbonyl (C=O) groups is 1. The molecule has 1 heterocycles. The largest absolute Gasteiger partial charge is 0.490 e. The lowest BCUT2D eigenvalue weighted by Crippen LogP contribution is -2.28. The van der Waals surface area contributed by atoms with Crippen molar-refractivity contribution in [3.8, 4) is 11.4 Å². The van der Waals surface area contributed by atoms with Crippen LogP contribution in [-0.4, -0.2) is 34.2 Å². The molecule has 1 aliphatic carbocycles. The van der Waals surface area contributed by atoms with Crippen molar-refractivity contribution in [2.75, 3.05) is 13.7 Å². The molecule has 1 amide bonds. The van der Waals surface area contributed by atoms with Crippen LogP contribution in [0.2, 0.25) is 0 Å². The van der Waals surface area contributed by atoms with E-state index >= 15 is 0 Å². The Morgan fingerprint density at radius 1 is 1.21 bits per heavy atom. The normalized spacial score (nSPS) is 13.1. The van der Waals surface area contributed by atoms with Gasteiger partial charge in [0.05, 0.1) is 11.4 Å². The number of carbonyl (C=O) groups excluding carboxylic acids is 1. The van der Waals surface area contributed by atoms with E-state index in [9.17, 15) is 4.79 Å². The average Bonchev–Trinajstić information content (AvgIpc) is 3.51. The Morgan fingerprint density at radius 3 is 2.59 bits per heavy atom. The highest BCUT2D eigenvalue weighted by Crippen LogP contribution is 2.39. The Hall–Kier alpha value is -3.34. The lowest BCUT2D eigenvalue weighted by Gasteiger charge is -2.18. The Labute approximate surface area is 171 Å². The summed E-state index contributed by atoms with van der Waals surface area (Å²) in [4.78, 5) is 15.0. The summed E-state index contributed by atoms with van der Waals surface area (Å²) in [7, 11) is 1.82. The van der Waals surface area contributed by atoms with Crippen molar-refractivity contribution in [1.29, 1.82) is 0 Å². The van der Waals surface area contributed by atoms with Crippen LogP contribution in [-0.2, 0) is 6.54 Å². The van der Waals surface area contributed by atoms with Gasteiger partial charge in [-0.15, -0.1) is 0 Å². The first-order chi connectivity index (χ1) is 14.2. The van der Waals surface area contributed by atoms with Gasteiger partial charge in [0.2, 0.25) is 0 Å². The number of rotatable bonds is 8. The van der Waals surface area contributed by atoms with Gasteiger partial charge in [-0.3, -0.25) is 4.79 Å². The third-order valence-electron chi connectivity index (χ3n) is 5.00. The van der Waals surface area contributed by atoms with Gasteiger partial charge in [-0.1, -0.05) is 43.0 Å². The first kappa shape index (κ1) is 19.0.